The Kier molecular flexibility index (Phi) is 6.93. The van der Waals surface area contributed by atoms with Crippen LogP contribution in [0.25, 0.3) is 0 Å². The van der Waals surface area contributed by atoms with Gasteiger partial charge in [-0.2, -0.15) is 5.26 Å². The van der Waals surface area contributed by atoms with Crippen molar-refractivity contribution in [2.75, 3.05) is 13.1 Å². The van der Waals surface area contributed by atoms with Gasteiger partial charge in [-0.05, 0) is 12.8 Å². The van der Waals surface area contributed by atoms with Crippen LogP contribution in [0.4, 0.5) is 0 Å². The van der Waals surface area contributed by atoms with Crippen LogP contribution < -0.4 is 5.73 Å². The molecule has 0 aliphatic heterocycles. The summed E-state index contributed by atoms with van der Waals surface area (Å²) in [6, 6.07) is 1.94. The lowest BCUT2D eigenvalue weighted by molar-refractivity contribution is -0.137. The third kappa shape index (κ3) is 4.78. The van der Waals surface area contributed by atoms with E-state index in [0.29, 0.717) is 13.0 Å². The van der Waals surface area contributed by atoms with Crippen LogP contribution in [0.3, 0.4) is 0 Å². The molecule has 0 radical (unpaired) electrons. The predicted octanol–water partition coefficient (Wildman–Crippen LogP) is 0.650. The Morgan fingerprint density at radius 2 is 2.06 bits per heavy atom. The molecule has 0 aliphatic carbocycles. The molecule has 0 rings (SSSR count). The standard InChI is InChI=1S/C11H19N3O2/c1-3-5-6-14(8-10(13)15)11(16)9(4-2)7-12/h9H,3-6,8H2,1-2H3,(H2,13,15). The quantitative estimate of drug-likeness (QED) is 0.690. The molecule has 0 fully saturated rings. The van der Waals surface area contributed by atoms with Gasteiger partial charge < -0.3 is 10.6 Å². The van der Waals surface area contributed by atoms with Crippen molar-refractivity contribution in [1.82, 2.24) is 4.90 Å². The van der Waals surface area contributed by atoms with Gasteiger partial charge in [0.2, 0.25) is 11.8 Å². The zero-order chi connectivity index (χ0) is 12.6. The van der Waals surface area contributed by atoms with Crippen LogP contribution in [0.15, 0.2) is 0 Å². The predicted molar refractivity (Wildman–Crippen MR) is 60.1 cm³/mol. The fraction of sp³-hybridized carbons (Fsp3) is 0.727. The Balaban J connectivity index is 4.54. The van der Waals surface area contributed by atoms with Crippen molar-refractivity contribution in [3.8, 4) is 6.07 Å². The van der Waals surface area contributed by atoms with Crippen LogP contribution in [0.2, 0.25) is 0 Å². The van der Waals surface area contributed by atoms with Crippen molar-refractivity contribution >= 4 is 11.8 Å². The minimum Gasteiger partial charge on any atom is -0.368 e. The van der Waals surface area contributed by atoms with Crippen LogP contribution in [0, 0.1) is 17.2 Å². The van der Waals surface area contributed by atoms with Gasteiger partial charge in [-0.25, -0.2) is 0 Å². The second-order valence-corrected chi connectivity index (χ2v) is 3.67. The van der Waals surface area contributed by atoms with Crippen molar-refractivity contribution in [3.63, 3.8) is 0 Å². The van der Waals surface area contributed by atoms with Crippen LogP contribution in [0.1, 0.15) is 33.1 Å². The maximum Gasteiger partial charge on any atom is 0.240 e. The normalized spacial score (nSPS) is 11.6. The van der Waals surface area contributed by atoms with E-state index in [-0.39, 0.29) is 12.5 Å². The highest BCUT2D eigenvalue weighted by molar-refractivity contribution is 5.86. The zero-order valence-electron chi connectivity index (χ0n) is 9.90. The molecule has 0 bridgehead atoms. The lowest BCUT2D eigenvalue weighted by atomic mass is 10.1. The summed E-state index contributed by atoms with van der Waals surface area (Å²) < 4.78 is 0. The molecular formula is C11H19N3O2. The molecule has 0 aromatic heterocycles. The number of unbranched alkanes of at least 4 members (excludes halogenated alkanes) is 1. The molecule has 0 aromatic carbocycles. The summed E-state index contributed by atoms with van der Waals surface area (Å²) in [6.07, 6.45) is 2.18. The van der Waals surface area contributed by atoms with E-state index in [1.807, 2.05) is 13.0 Å². The second kappa shape index (κ2) is 7.69. The van der Waals surface area contributed by atoms with E-state index in [0.717, 1.165) is 12.8 Å². The van der Waals surface area contributed by atoms with Crippen molar-refractivity contribution < 1.29 is 9.59 Å². The molecule has 0 spiro atoms. The fourth-order valence-corrected chi connectivity index (χ4v) is 1.35. The van der Waals surface area contributed by atoms with Gasteiger partial charge in [-0.15, -0.1) is 0 Å². The molecule has 2 amide bonds. The highest BCUT2D eigenvalue weighted by Gasteiger charge is 2.23. The number of carbonyl (C=O) groups excluding carboxylic acids is 2. The lowest BCUT2D eigenvalue weighted by Crippen LogP contribution is -2.41. The van der Waals surface area contributed by atoms with Crippen LogP contribution in [-0.4, -0.2) is 29.8 Å². The summed E-state index contributed by atoms with van der Waals surface area (Å²) in [5.41, 5.74) is 5.07. The van der Waals surface area contributed by atoms with Gasteiger partial charge in [0.25, 0.3) is 0 Å². The number of nitrogens with two attached hydrogens (primary N) is 1. The maximum absolute atomic E-state index is 11.8. The summed E-state index contributed by atoms with van der Waals surface area (Å²) in [6.45, 7) is 4.15. The summed E-state index contributed by atoms with van der Waals surface area (Å²) in [4.78, 5) is 24.0. The molecule has 0 heterocycles. The molecule has 16 heavy (non-hydrogen) atoms. The highest BCUT2D eigenvalue weighted by atomic mass is 16.2. The van der Waals surface area contributed by atoms with E-state index in [1.54, 1.807) is 6.92 Å². The zero-order valence-corrected chi connectivity index (χ0v) is 9.90. The van der Waals surface area contributed by atoms with Gasteiger partial charge in [-0.3, -0.25) is 9.59 Å². The third-order valence-electron chi connectivity index (χ3n) is 2.30. The fourth-order valence-electron chi connectivity index (χ4n) is 1.35. The van der Waals surface area contributed by atoms with Crippen LogP contribution >= 0.6 is 0 Å². The molecule has 0 saturated heterocycles. The summed E-state index contributed by atoms with van der Waals surface area (Å²) >= 11 is 0. The van der Waals surface area contributed by atoms with Gasteiger partial charge in [0, 0.05) is 6.54 Å². The Labute approximate surface area is 96.2 Å². The first-order valence-corrected chi connectivity index (χ1v) is 5.53. The Bertz CT molecular complexity index is 283. The number of hydrogen-bond donors (Lipinski definition) is 1. The Morgan fingerprint density at radius 1 is 1.44 bits per heavy atom. The molecule has 0 aromatic rings. The summed E-state index contributed by atoms with van der Waals surface area (Å²) in [7, 11) is 0. The van der Waals surface area contributed by atoms with E-state index in [1.165, 1.54) is 4.90 Å². The van der Waals surface area contributed by atoms with Crippen molar-refractivity contribution in [2.45, 2.75) is 33.1 Å². The Morgan fingerprint density at radius 3 is 2.44 bits per heavy atom. The lowest BCUT2D eigenvalue weighted by Gasteiger charge is -2.22. The number of nitriles is 1. The third-order valence-corrected chi connectivity index (χ3v) is 2.30. The summed E-state index contributed by atoms with van der Waals surface area (Å²) in [5, 5.41) is 8.79. The number of carbonyl (C=O) groups is 2. The van der Waals surface area contributed by atoms with Crippen LogP contribution in [-0.2, 0) is 9.59 Å². The van der Waals surface area contributed by atoms with E-state index in [2.05, 4.69) is 0 Å². The molecule has 0 saturated carbocycles. The molecule has 0 aliphatic rings. The molecule has 2 N–H and O–H groups in total. The van der Waals surface area contributed by atoms with Gasteiger partial charge in [0.1, 0.15) is 5.92 Å². The van der Waals surface area contributed by atoms with E-state index in [4.69, 9.17) is 11.0 Å². The van der Waals surface area contributed by atoms with Crippen molar-refractivity contribution in [1.29, 1.82) is 5.26 Å². The number of rotatable bonds is 7. The highest BCUT2D eigenvalue weighted by Crippen LogP contribution is 2.07. The van der Waals surface area contributed by atoms with Crippen molar-refractivity contribution in [2.24, 2.45) is 11.7 Å². The number of hydrogen-bond acceptors (Lipinski definition) is 3. The molecule has 1 atom stereocenters. The SMILES string of the molecule is CCCCN(CC(N)=O)C(=O)C(C#N)CC. The minimum absolute atomic E-state index is 0.100. The maximum atomic E-state index is 11.8. The van der Waals surface area contributed by atoms with E-state index >= 15 is 0 Å². The average molecular weight is 225 g/mol. The van der Waals surface area contributed by atoms with Gasteiger partial charge >= 0.3 is 0 Å². The van der Waals surface area contributed by atoms with Gasteiger partial charge in [-0.1, -0.05) is 20.3 Å². The van der Waals surface area contributed by atoms with Crippen LogP contribution in [0.5, 0.6) is 0 Å². The van der Waals surface area contributed by atoms with Crippen molar-refractivity contribution in [3.05, 3.63) is 0 Å². The average Bonchev–Trinajstić information content (AvgIpc) is 2.25. The van der Waals surface area contributed by atoms with Gasteiger partial charge in [0.05, 0.1) is 12.6 Å². The molecule has 5 heteroatoms. The topological polar surface area (TPSA) is 87.2 Å². The minimum atomic E-state index is -0.670. The molecule has 5 nitrogen and oxygen atoms in total. The largest absolute Gasteiger partial charge is 0.368 e. The summed E-state index contributed by atoms with van der Waals surface area (Å²) in [5.74, 6) is -1.51. The van der Waals surface area contributed by atoms with E-state index in [9.17, 15) is 9.59 Å². The first kappa shape index (κ1) is 14.4. The Hall–Kier alpha value is -1.57. The number of nitrogens with zero attached hydrogens (tertiary/aromatic N) is 2. The number of primary amides is 1. The van der Waals surface area contributed by atoms with E-state index < -0.39 is 11.8 Å². The molecule has 90 valence electrons. The first-order valence-electron chi connectivity index (χ1n) is 5.53. The monoisotopic (exact) mass is 225 g/mol. The molecule has 1 unspecified atom stereocenters. The second-order valence-electron chi connectivity index (χ2n) is 3.67. The first-order chi connectivity index (χ1) is 7.56. The molecular weight excluding hydrogens is 206 g/mol. The smallest absolute Gasteiger partial charge is 0.240 e. The van der Waals surface area contributed by atoms with Gasteiger partial charge in [0.15, 0.2) is 0 Å². The number of amides is 2.